The molecule has 1 aliphatic carbocycles. The van der Waals surface area contributed by atoms with Crippen molar-refractivity contribution in [3.8, 4) is 0 Å². The number of halogens is 1. The van der Waals surface area contributed by atoms with Crippen LogP contribution in [0.25, 0.3) is 0 Å². The SMILES string of the molecule is COCCNC(=NCC(=O)N(C)C)NCC1(c2cccc(Cl)c2)CC1. The fourth-order valence-electron chi connectivity index (χ4n) is 2.52. The number of hydrogen-bond donors (Lipinski definition) is 2. The lowest BCUT2D eigenvalue weighted by Gasteiger charge is -2.20. The lowest BCUT2D eigenvalue weighted by Crippen LogP contribution is -2.43. The van der Waals surface area contributed by atoms with Gasteiger partial charge in [-0.2, -0.15) is 0 Å². The molecule has 1 amide bonds. The van der Waals surface area contributed by atoms with Crippen LogP contribution in [0.5, 0.6) is 0 Å². The molecule has 0 radical (unpaired) electrons. The molecule has 7 heteroatoms. The Kier molecular flexibility index (Phi) is 7.08. The number of nitrogens with zero attached hydrogens (tertiary/aromatic N) is 2. The molecule has 0 aliphatic heterocycles. The maximum absolute atomic E-state index is 11.8. The second-order valence-corrected chi connectivity index (χ2v) is 6.95. The van der Waals surface area contributed by atoms with Crippen LogP contribution in [0, 0.1) is 0 Å². The number of nitrogens with one attached hydrogen (secondary N) is 2. The number of aliphatic imine (C=N–C) groups is 1. The van der Waals surface area contributed by atoms with Crippen molar-refractivity contribution < 1.29 is 9.53 Å². The lowest BCUT2D eigenvalue weighted by molar-refractivity contribution is -0.127. The van der Waals surface area contributed by atoms with Gasteiger partial charge in [0.05, 0.1) is 6.61 Å². The Morgan fingerprint density at radius 2 is 2.12 bits per heavy atom. The molecular formula is C18H27ClN4O2. The number of carbonyl (C=O) groups excluding carboxylic acids is 1. The van der Waals surface area contributed by atoms with Gasteiger partial charge in [0, 0.05) is 44.7 Å². The number of likely N-dealkylation sites (N-methyl/N-ethyl adjacent to an activating group) is 1. The van der Waals surface area contributed by atoms with E-state index in [0.717, 1.165) is 24.4 Å². The Bertz CT molecular complexity index is 615. The number of guanidine groups is 1. The van der Waals surface area contributed by atoms with E-state index in [4.69, 9.17) is 16.3 Å². The first-order valence-corrected chi connectivity index (χ1v) is 8.82. The number of hydrogen-bond acceptors (Lipinski definition) is 3. The molecule has 1 aromatic carbocycles. The van der Waals surface area contributed by atoms with E-state index in [1.807, 2.05) is 18.2 Å². The minimum absolute atomic E-state index is 0.0381. The standard InChI is InChI=1S/C18H27ClN4O2/c1-23(2)16(24)12-21-17(20-9-10-25-3)22-13-18(7-8-18)14-5-4-6-15(19)11-14/h4-6,11H,7-10,12-13H2,1-3H3,(H2,20,21,22). The number of amides is 1. The molecule has 25 heavy (non-hydrogen) atoms. The third-order valence-corrected chi connectivity index (χ3v) is 4.59. The molecule has 0 aromatic heterocycles. The molecule has 0 bridgehead atoms. The van der Waals surface area contributed by atoms with E-state index in [-0.39, 0.29) is 17.9 Å². The molecule has 1 saturated carbocycles. The van der Waals surface area contributed by atoms with Crippen molar-refractivity contribution >= 4 is 23.5 Å². The van der Waals surface area contributed by atoms with Crippen LogP contribution in [0.2, 0.25) is 5.02 Å². The van der Waals surface area contributed by atoms with Gasteiger partial charge in [-0.15, -0.1) is 0 Å². The maximum atomic E-state index is 11.8. The molecule has 0 spiro atoms. The zero-order chi connectivity index (χ0) is 18.3. The molecular weight excluding hydrogens is 340 g/mol. The van der Waals surface area contributed by atoms with Crippen molar-refractivity contribution in [2.24, 2.45) is 4.99 Å². The largest absolute Gasteiger partial charge is 0.383 e. The van der Waals surface area contributed by atoms with Gasteiger partial charge in [-0.25, -0.2) is 4.99 Å². The van der Waals surface area contributed by atoms with Crippen molar-refractivity contribution in [1.82, 2.24) is 15.5 Å². The Morgan fingerprint density at radius 1 is 1.36 bits per heavy atom. The van der Waals surface area contributed by atoms with Gasteiger partial charge < -0.3 is 20.3 Å². The number of benzene rings is 1. The summed E-state index contributed by atoms with van der Waals surface area (Å²) in [6.45, 7) is 2.06. The predicted molar refractivity (Wildman–Crippen MR) is 101 cm³/mol. The fourth-order valence-corrected chi connectivity index (χ4v) is 2.71. The van der Waals surface area contributed by atoms with Gasteiger partial charge in [-0.1, -0.05) is 23.7 Å². The first-order chi connectivity index (χ1) is 12.0. The number of methoxy groups -OCH3 is 1. The van der Waals surface area contributed by atoms with E-state index in [2.05, 4.69) is 21.7 Å². The van der Waals surface area contributed by atoms with E-state index in [1.165, 1.54) is 10.5 Å². The first-order valence-electron chi connectivity index (χ1n) is 8.44. The smallest absolute Gasteiger partial charge is 0.243 e. The van der Waals surface area contributed by atoms with Crippen molar-refractivity contribution in [3.05, 3.63) is 34.9 Å². The van der Waals surface area contributed by atoms with Crippen molar-refractivity contribution in [1.29, 1.82) is 0 Å². The van der Waals surface area contributed by atoms with Crippen molar-refractivity contribution in [2.75, 3.05) is 47.4 Å². The molecule has 1 aromatic rings. The first kappa shape index (κ1) is 19.5. The molecule has 0 atom stereocenters. The van der Waals surface area contributed by atoms with E-state index >= 15 is 0 Å². The Hall–Kier alpha value is -1.79. The van der Waals surface area contributed by atoms with Crippen molar-refractivity contribution in [2.45, 2.75) is 18.3 Å². The third kappa shape index (κ3) is 5.90. The predicted octanol–water partition coefficient (Wildman–Crippen LogP) is 1.64. The van der Waals surface area contributed by atoms with Crippen LogP contribution in [-0.2, 0) is 14.9 Å². The summed E-state index contributed by atoms with van der Waals surface area (Å²) in [5.74, 6) is 0.587. The summed E-state index contributed by atoms with van der Waals surface area (Å²) in [4.78, 5) is 17.7. The van der Waals surface area contributed by atoms with Gasteiger partial charge >= 0.3 is 0 Å². The van der Waals surface area contributed by atoms with Crippen molar-refractivity contribution in [3.63, 3.8) is 0 Å². The molecule has 1 aliphatic rings. The fraction of sp³-hybridized carbons (Fsp3) is 0.556. The average molecular weight is 367 g/mol. The van der Waals surface area contributed by atoms with Gasteiger partial charge in [0.1, 0.15) is 6.54 Å². The van der Waals surface area contributed by atoms with Gasteiger partial charge in [0.15, 0.2) is 5.96 Å². The van der Waals surface area contributed by atoms with Crippen LogP contribution in [-0.4, -0.2) is 64.2 Å². The van der Waals surface area contributed by atoms with E-state index in [9.17, 15) is 4.79 Å². The van der Waals surface area contributed by atoms with Gasteiger partial charge in [-0.05, 0) is 30.5 Å². The molecule has 0 unspecified atom stereocenters. The van der Waals surface area contributed by atoms with Crippen LogP contribution in [0.15, 0.2) is 29.3 Å². The third-order valence-electron chi connectivity index (χ3n) is 4.35. The summed E-state index contributed by atoms with van der Waals surface area (Å²) in [7, 11) is 5.10. The number of rotatable bonds is 8. The second-order valence-electron chi connectivity index (χ2n) is 6.52. The highest BCUT2D eigenvalue weighted by Crippen LogP contribution is 2.48. The van der Waals surface area contributed by atoms with Crippen LogP contribution in [0.1, 0.15) is 18.4 Å². The van der Waals surface area contributed by atoms with Crippen LogP contribution in [0.4, 0.5) is 0 Å². The highest BCUT2D eigenvalue weighted by molar-refractivity contribution is 6.30. The number of carbonyl (C=O) groups is 1. The summed E-state index contributed by atoms with van der Waals surface area (Å²) < 4.78 is 5.06. The quantitative estimate of drug-likeness (QED) is 0.417. The van der Waals surface area contributed by atoms with Gasteiger partial charge in [0.2, 0.25) is 5.91 Å². The summed E-state index contributed by atoms with van der Waals surface area (Å²) in [5.41, 5.74) is 1.34. The van der Waals surface area contributed by atoms with E-state index < -0.39 is 0 Å². The molecule has 6 nitrogen and oxygen atoms in total. The molecule has 2 N–H and O–H groups in total. The number of ether oxygens (including phenoxy) is 1. The van der Waals surface area contributed by atoms with Crippen LogP contribution in [0.3, 0.4) is 0 Å². The maximum Gasteiger partial charge on any atom is 0.243 e. The zero-order valence-electron chi connectivity index (χ0n) is 15.1. The second kappa shape index (κ2) is 9.06. The summed E-state index contributed by atoms with van der Waals surface area (Å²) >= 11 is 6.13. The minimum Gasteiger partial charge on any atom is -0.383 e. The highest BCUT2D eigenvalue weighted by Gasteiger charge is 2.44. The van der Waals surface area contributed by atoms with Gasteiger partial charge in [0.25, 0.3) is 0 Å². The van der Waals surface area contributed by atoms with Crippen LogP contribution < -0.4 is 10.6 Å². The molecule has 0 saturated heterocycles. The summed E-state index contributed by atoms with van der Waals surface area (Å²) in [6.07, 6.45) is 2.23. The molecule has 138 valence electrons. The highest BCUT2D eigenvalue weighted by atomic mass is 35.5. The Morgan fingerprint density at radius 3 is 2.72 bits per heavy atom. The summed E-state index contributed by atoms with van der Waals surface area (Å²) in [5, 5.41) is 7.32. The van der Waals surface area contributed by atoms with E-state index in [0.29, 0.717) is 19.1 Å². The lowest BCUT2D eigenvalue weighted by atomic mass is 9.96. The molecule has 1 fully saturated rings. The Balaban J connectivity index is 1.98. The van der Waals surface area contributed by atoms with E-state index in [1.54, 1.807) is 21.2 Å². The zero-order valence-corrected chi connectivity index (χ0v) is 15.9. The summed E-state index contributed by atoms with van der Waals surface area (Å²) in [6, 6.07) is 8.02. The Labute approximate surface area is 154 Å². The van der Waals surface area contributed by atoms with Gasteiger partial charge in [-0.3, -0.25) is 4.79 Å². The minimum atomic E-state index is -0.0381. The monoisotopic (exact) mass is 366 g/mol. The normalized spacial score (nSPS) is 15.6. The average Bonchev–Trinajstić information content (AvgIpc) is 3.37. The molecule has 0 heterocycles. The van der Waals surface area contributed by atoms with Crippen LogP contribution >= 0.6 is 11.6 Å². The topological polar surface area (TPSA) is 66.0 Å². The molecule has 2 rings (SSSR count).